The van der Waals surface area contributed by atoms with Crippen molar-refractivity contribution in [3.63, 3.8) is 0 Å². The van der Waals surface area contributed by atoms with Gasteiger partial charge in [-0.3, -0.25) is 4.79 Å². The Kier molecular flexibility index (Phi) is 4.73. The Labute approximate surface area is 149 Å². The third kappa shape index (κ3) is 3.64. The van der Waals surface area contributed by atoms with Gasteiger partial charge in [0.15, 0.2) is 0 Å². The van der Waals surface area contributed by atoms with Crippen LogP contribution in [0.3, 0.4) is 0 Å². The molecule has 0 aliphatic heterocycles. The number of carbonyl (C=O) groups excluding carboxylic acids is 1. The van der Waals surface area contributed by atoms with Crippen LogP contribution >= 0.6 is 11.3 Å². The summed E-state index contributed by atoms with van der Waals surface area (Å²) in [6.45, 7) is 1.77. The molecule has 0 amide bonds. The van der Waals surface area contributed by atoms with Crippen molar-refractivity contribution < 1.29 is 17.9 Å². The zero-order chi connectivity index (χ0) is 18.0. The third-order valence-electron chi connectivity index (χ3n) is 3.62. The monoisotopic (exact) mass is 376 g/mol. The van der Waals surface area contributed by atoms with Crippen LogP contribution < -0.4 is 4.80 Å². The van der Waals surface area contributed by atoms with Gasteiger partial charge in [0.25, 0.3) is 10.0 Å². The number of ether oxygens (including phenoxy) is 1. The van der Waals surface area contributed by atoms with Gasteiger partial charge in [0.2, 0.25) is 4.80 Å². The Morgan fingerprint density at radius 3 is 2.52 bits per heavy atom. The highest BCUT2D eigenvalue weighted by Gasteiger charge is 2.16. The van der Waals surface area contributed by atoms with E-state index in [9.17, 15) is 13.2 Å². The quantitative estimate of drug-likeness (QED) is 0.656. The van der Waals surface area contributed by atoms with E-state index in [-0.39, 0.29) is 16.2 Å². The van der Waals surface area contributed by atoms with Crippen molar-refractivity contribution in [2.75, 3.05) is 7.11 Å². The van der Waals surface area contributed by atoms with E-state index in [1.165, 1.54) is 30.6 Å². The molecule has 25 heavy (non-hydrogen) atoms. The van der Waals surface area contributed by atoms with Crippen molar-refractivity contribution >= 4 is 37.5 Å². The number of rotatable bonds is 4. The van der Waals surface area contributed by atoms with Gasteiger partial charge in [-0.1, -0.05) is 41.2 Å². The molecule has 0 saturated carbocycles. The molecule has 0 aliphatic rings. The summed E-state index contributed by atoms with van der Waals surface area (Å²) in [7, 11) is -2.59. The summed E-state index contributed by atoms with van der Waals surface area (Å²) in [4.78, 5) is 12.1. The number of nitrogens with zero attached hydrogens (tertiary/aromatic N) is 2. The lowest BCUT2D eigenvalue weighted by Crippen LogP contribution is -2.22. The van der Waals surface area contributed by atoms with Crippen LogP contribution in [0.25, 0.3) is 10.2 Å². The molecule has 0 atom stereocenters. The van der Waals surface area contributed by atoms with E-state index in [1.54, 1.807) is 16.7 Å². The fourth-order valence-electron chi connectivity index (χ4n) is 2.30. The Morgan fingerprint density at radius 2 is 1.84 bits per heavy atom. The van der Waals surface area contributed by atoms with E-state index < -0.39 is 16.0 Å². The molecule has 0 unspecified atom stereocenters. The van der Waals surface area contributed by atoms with Gasteiger partial charge < -0.3 is 9.30 Å². The number of aromatic nitrogens is 1. The van der Waals surface area contributed by atoms with E-state index in [4.69, 9.17) is 4.74 Å². The lowest BCUT2D eigenvalue weighted by Gasteiger charge is -2.04. The molecule has 6 nitrogen and oxygen atoms in total. The lowest BCUT2D eigenvalue weighted by atomic mass is 10.2. The number of benzene rings is 2. The highest BCUT2D eigenvalue weighted by Crippen LogP contribution is 2.18. The number of sulfonamides is 1. The summed E-state index contributed by atoms with van der Waals surface area (Å²) in [6, 6.07) is 13.8. The number of fused-ring (bicyclic) bond motifs is 1. The number of aryl methyl sites for hydroxylation is 1. The summed E-state index contributed by atoms with van der Waals surface area (Å²) >= 11 is 1.21. The van der Waals surface area contributed by atoms with Gasteiger partial charge in [0, 0.05) is 0 Å². The van der Waals surface area contributed by atoms with Gasteiger partial charge >= 0.3 is 5.97 Å². The molecule has 1 heterocycles. The Hall–Kier alpha value is -2.45. The van der Waals surface area contributed by atoms with Gasteiger partial charge in [-0.15, -0.1) is 4.40 Å². The van der Waals surface area contributed by atoms with Crippen LogP contribution in [0.1, 0.15) is 5.56 Å². The molecule has 2 aromatic carbocycles. The van der Waals surface area contributed by atoms with E-state index in [1.807, 2.05) is 31.2 Å². The first-order valence-electron chi connectivity index (χ1n) is 7.43. The molecule has 3 rings (SSSR count). The molecule has 0 aliphatic carbocycles. The zero-order valence-corrected chi connectivity index (χ0v) is 15.3. The first-order valence-corrected chi connectivity index (χ1v) is 9.69. The third-order valence-corrected chi connectivity index (χ3v) is 6.08. The van der Waals surface area contributed by atoms with Crippen LogP contribution in [0.5, 0.6) is 0 Å². The van der Waals surface area contributed by atoms with E-state index in [0.717, 1.165) is 15.8 Å². The molecule has 0 bridgehead atoms. The van der Waals surface area contributed by atoms with E-state index in [2.05, 4.69) is 4.40 Å². The van der Waals surface area contributed by atoms with Crippen LogP contribution in [-0.2, 0) is 26.1 Å². The fourth-order valence-corrected chi connectivity index (χ4v) is 4.54. The van der Waals surface area contributed by atoms with E-state index >= 15 is 0 Å². The Bertz CT molecular complexity index is 1090. The molecular weight excluding hydrogens is 360 g/mol. The number of hydrogen-bond acceptors (Lipinski definition) is 5. The topological polar surface area (TPSA) is 77.7 Å². The van der Waals surface area contributed by atoms with Crippen LogP contribution in [0.2, 0.25) is 0 Å². The van der Waals surface area contributed by atoms with E-state index in [0.29, 0.717) is 0 Å². The maximum atomic E-state index is 12.6. The average molecular weight is 376 g/mol. The highest BCUT2D eigenvalue weighted by atomic mass is 32.2. The largest absolute Gasteiger partial charge is 0.468 e. The van der Waals surface area contributed by atoms with Crippen molar-refractivity contribution in [1.29, 1.82) is 0 Å². The van der Waals surface area contributed by atoms with Gasteiger partial charge in [-0.25, -0.2) is 0 Å². The van der Waals surface area contributed by atoms with Crippen molar-refractivity contribution in [2.45, 2.75) is 18.4 Å². The van der Waals surface area contributed by atoms with Crippen LogP contribution in [0.4, 0.5) is 0 Å². The second kappa shape index (κ2) is 6.81. The number of hydrogen-bond donors (Lipinski definition) is 0. The van der Waals surface area contributed by atoms with Gasteiger partial charge in [-0.05, 0) is 31.2 Å². The average Bonchev–Trinajstić information content (AvgIpc) is 2.92. The van der Waals surface area contributed by atoms with Crippen molar-refractivity contribution in [3.8, 4) is 0 Å². The van der Waals surface area contributed by atoms with Crippen molar-refractivity contribution in [2.24, 2.45) is 4.40 Å². The first kappa shape index (κ1) is 17.4. The van der Waals surface area contributed by atoms with Gasteiger partial charge in [-0.2, -0.15) is 8.42 Å². The summed E-state index contributed by atoms with van der Waals surface area (Å²) < 4.78 is 36.3. The maximum Gasteiger partial charge on any atom is 0.325 e. The number of carbonyl (C=O) groups is 1. The number of para-hydroxylation sites is 1. The molecule has 0 fully saturated rings. The summed E-state index contributed by atoms with van der Waals surface area (Å²) in [5.41, 5.74) is 1.69. The minimum Gasteiger partial charge on any atom is -0.468 e. The molecule has 0 N–H and O–H groups in total. The summed E-state index contributed by atoms with van der Waals surface area (Å²) in [6.07, 6.45) is 0. The molecule has 130 valence electrons. The molecular formula is C17H16N2O4S2. The minimum absolute atomic E-state index is 0.108. The Balaban J connectivity index is 2.19. The number of esters is 1. The molecule has 1 aromatic heterocycles. The maximum absolute atomic E-state index is 12.6. The predicted molar refractivity (Wildman–Crippen MR) is 95.8 cm³/mol. The number of methoxy groups -OCH3 is 1. The summed E-state index contributed by atoms with van der Waals surface area (Å²) in [5.74, 6) is -0.474. The second-order valence-electron chi connectivity index (χ2n) is 5.39. The first-order chi connectivity index (χ1) is 11.9. The smallest absolute Gasteiger partial charge is 0.325 e. The van der Waals surface area contributed by atoms with Gasteiger partial charge in [0.1, 0.15) is 6.54 Å². The SMILES string of the molecule is COC(=O)Cn1/c(=N/S(=O)(=O)c2ccc(C)cc2)sc2ccccc21. The van der Waals surface area contributed by atoms with Crippen molar-refractivity contribution in [3.05, 3.63) is 58.9 Å². The molecule has 0 radical (unpaired) electrons. The molecule has 8 heteroatoms. The molecule has 0 spiro atoms. The van der Waals surface area contributed by atoms with Crippen LogP contribution in [0, 0.1) is 6.92 Å². The van der Waals surface area contributed by atoms with Gasteiger partial charge in [0.05, 0.1) is 22.2 Å². The highest BCUT2D eigenvalue weighted by molar-refractivity contribution is 7.90. The predicted octanol–water partition coefficient (Wildman–Crippen LogP) is 2.47. The zero-order valence-electron chi connectivity index (χ0n) is 13.7. The number of thiazole rings is 1. The second-order valence-corrected chi connectivity index (χ2v) is 8.01. The minimum atomic E-state index is -3.88. The fraction of sp³-hybridized carbons (Fsp3) is 0.176. The van der Waals surface area contributed by atoms with Crippen LogP contribution in [0.15, 0.2) is 57.8 Å². The van der Waals surface area contributed by atoms with Crippen LogP contribution in [-0.4, -0.2) is 26.1 Å². The molecule has 3 aromatic rings. The molecule has 0 saturated heterocycles. The standard InChI is InChI=1S/C17H16N2O4S2/c1-12-7-9-13(10-8-12)25(21,22)18-17-19(11-16(20)23-2)14-5-3-4-6-15(14)24-17/h3-10H,11H2,1-2H3/b18-17-. The Morgan fingerprint density at radius 1 is 1.16 bits per heavy atom. The summed E-state index contributed by atoms with van der Waals surface area (Å²) in [5, 5.41) is 0. The normalized spacial score (nSPS) is 12.5. The van der Waals surface area contributed by atoms with Crippen molar-refractivity contribution in [1.82, 2.24) is 4.57 Å². The lowest BCUT2D eigenvalue weighted by molar-refractivity contribution is -0.141.